The minimum absolute atomic E-state index is 0.00288. The summed E-state index contributed by atoms with van der Waals surface area (Å²) in [6.07, 6.45) is -1.01. The van der Waals surface area contributed by atoms with Crippen LogP contribution in [-0.2, 0) is 38.2 Å². The molecule has 3 unspecified atom stereocenters. The zero-order chi connectivity index (χ0) is 33.7. The van der Waals surface area contributed by atoms with Crippen LogP contribution in [0.3, 0.4) is 0 Å². The van der Waals surface area contributed by atoms with Gasteiger partial charge in [0.25, 0.3) is 0 Å². The quantitative estimate of drug-likeness (QED) is 0.104. The zero-order valence-corrected chi connectivity index (χ0v) is 27.9. The molecule has 5 N–H and O–H groups in total. The van der Waals surface area contributed by atoms with Gasteiger partial charge in [-0.1, -0.05) is 41.5 Å². The van der Waals surface area contributed by atoms with Gasteiger partial charge in [0.1, 0.15) is 18.4 Å². The Morgan fingerprint density at radius 2 is 1.70 bits per heavy atom. The van der Waals surface area contributed by atoms with Crippen molar-refractivity contribution < 1.29 is 43.3 Å². The number of Topliss-reactive ketones (excluding diaryl/α,β-unsaturated/α-hetero) is 1. The Morgan fingerprint density at radius 3 is 2.30 bits per heavy atom. The van der Waals surface area contributed by atoms with Crippen molar-refractivity contribution in [2.45, 2.75) is 82.9 Å². The van der Waals surface area contributed by atoms with Crippen LogP contribution >= 0.6 is 11.8 Å². The molecule has 44 heavy (non-hydrogen) atoms. The predicted octanol–water partition coefficient (Wildman–Crippen LogP) is -0.547. The van der Waals surface area contributed by atoms with E-state index in [1.165, 1.54) is 18.8 Å². The van der Waals surface area contributed by atoms with E-state index in [1.807, 2.05) is 20.8 Å². The summed E-state index contributed by atoms with van der Waals surface area (Å²) in [6.45, 7) is 11.2. The Morgan fingerprint density at radius 1 is 1.07 bits per heavy atom. The summed E-state index contributed by atoms with van der Waals surface area (Å²) in [5.74, 6) is -2.14. The maximum Gasteiger partial charge on any atom is 0.249 e. The summed E-state index contributed by atoms with van der Waals surface area (Å²) in [7, 11) is 1.41. The van der Waals surface area contributed by atoms with Crippen molar-refractivity contribution in [1.29, 1.82) is 0 Å². The van der Waals surface area contributed by atoms with Crippen LogP contribution in [0.2, 0.25) is 0 Å². The maximum absolute atomic E-state index is 12.8. The number of thioether (sulfide) groups is 1. The molecule has 14 nitrogen and oxygen atoms in total. The molecule has 0 aliphatic carbocycles. The Kier molecular flexibility index (Phi) is 16.5. The van der Waals surface area contributed by atoms with E-state index in [2.05, 4.69) is 10.6 Å². The molecule has 0 bridgehead atoms. The van der Waals surface area contributed by atoms with Crippen LogP contribution in [-0.4, -0.2) is 132 Å². The van der Waals surface area contributed by atoms with Crippen molar-refractivity contribution in [3.63, 3.8) is 0 Å². The first kappa shape index (κ1) is 39.4. The number of imide groups is 1. The molecular weight excluding hydrogens is 594 g/mol. The van der Waals surface area contributed by atoms with Crippen LogP contribution in [0.4, 0.5) is 0 Å². The van der Waals surface area contributed by atoms with Gasteiger partial charge in [-0.3, -0.25) is 33.7 Å². The highest BCUT2D eigenvalue weighted by Gasteiger charge is 2.40. The average Bonchev–Trinajstić information content (AvgIpc) is 3.18. The van der Waals surface area contributed by atoms with Gasteiger partial charge in [0.15, 0.2) is 0 Å². The first-order valence-corrected chi connectivity index (χ1v) is 15.6. The molecule has 0 spiro atoms. The number of carbonyl (C=O) groups is 6. The van der Waals surface area contributed by atoms with Crippen molar-refractivity contribution in [1.82, 2.24) is 20.4 Å². The minimum atomic E-state index is -1.09. The largest absolute Gasteiger partial charge is 0.390 e. The molecule has 1 aliphatic rings. The summed E-state index contributed by atoms with van der Waals surface area (Å²) in [6, 6.07) is -1.09. The Bertz CT molecular complexity index is 1010. The van der Waals surface area contributed by atoms with Crippen molar-refractivity contribution in [2.24, 2.45) is 11.1 Å². The average molecular weight is 646 g/mol. The first-order chi connectivity index (χ1) is 20.4. The van der Waals surface area contributed by atoms with Gasteiger partial charge in [-0.15, -0.1) is 11.8 Å². The van der Waals surface area contributed by atoms with Gasteiger partial charge >= 0.3 is 0 Å². The highest BCUT2D eigenvalue weighted by atomic mass is 32.2. The third kappa shape index (κ3) is 14.5. The predicted molar refractivity (Wildman–Crippen MR) is 165 cm³/mol. The molecule has 1 rings (SSSR count). The van der Waals surface area contributed by atoms with E-state index in [1.54, 1.807) is 20.8 Å². The van der Waals surface area contributed by atoms with Gasteiger partial charge in [-0.05, 0) is 0 Å². The number of hydrogen-bond acceptors (Lipinski definition) is 11. The van der Waals surface area contributed by atoms with Crippen LogP contribution < -0.4 is 16.4 Å². The fourth-order valence-corrected chi connectivity index (χ4v) is 5.24. The van der Waals surface area contributed by atoms with Crippen molar-refractivity contribution >= 4 is 47.1 Å². The first-order valence-electron chi connectivity index (χ1n) is 14.8. The molecule has 1 heterocycles. The van der Waals surface area contributed by atoms with Gasteiger partial charge in [-0.2, -0.15) is 0 Å². The molecule has 3 atom stereocenters. The number of rotatable bonds is 19. The summed E-state index contributed by atoms with van der Waals surface area (Å²) >= 11 is 1.45. The van der Waals surface area contributed by atoms with Crippen LogP contribution in [0.1, 0.15) is 60.8 Å². The topological polar surface area (TPSA) is 198 Å². The molecule has 0 aromatic heterocycles. The fraction of sp³-hybridized carbons (Fsp3) is 0.793. The van der Waals surface area contributed by atoms with Gasteiger partial charge in [-0.25, -0.2) is 0 Å². The van der Waals surface area contributed by atoms with Crippen LogP contribution in [0, 0.1) is 5.41 Å². The molecular formula is C29H51N5O9S. The normalized spacial score (nSPS) is 16.9. The number of amides is 5. The van der Waals surface area contributed by atoms with E-state index >= 15 is 0 Å². The molecule has 0 radical (unpaired) electrons. The number of ketones is 1. The van der Waals surface area contributed by atoms with E-state index in [-0.39, 0.29) is 100 Å². The Hall–Kier alpha value is -2.59. The number of likely N-dealkylation sites (N-methyl/N-ethyl adjacent to an activating group) is 1. The van der Waals surface area contributed by atoms with E-state index in [4.69, 9.17) is 15.2 Å². The summed E-state index contributed by atoms with van der Waals surface area (Å²) in [5, 5.41) is 14.4. The van der Waals surface area contributed by atoms with Crippen molar-refractivity contribution in [3.8, 4) is 0 Å². The molecule has 1 saturated heterocycles. The zero-order valence-electron chi connectivity index (χ0n) is 27.1. The molecule has 0 saturated carbocycles. The number of aliphatic hydroxyl groups excluding tert-OH is 1. The Labute approximate surface area is 264 Å². The van der Waals surface area contributed by atoms with Gasteiger partial charge < -0.3 is 35.8 Å². The molecule has 1 fully saturated rings. The van der Waals surface area contributed by atoms with E-state index in [0.29, 0.717) is 0 Å². The second-order valence-corrected chi connectivity index (χ2v) is 14.6. The van der Waals surface area contributed by atoms with Gasteiger partial charge in [0, 0.05) is 62.7 Å². The smallest absolute Gasteiger partial charge is 0.249 e. The van der Waals surface area contributed by atoms with Crippen molar-refractivity contribution in [3.05, 3.63) is 0 Å². The molecule has 0 aromatic rings. The molecule has 0 aromatic carbocycles. The lowest BCUT2D eigenvalue weighted by Crippen LogP contribution is -2.52. The highest BCUT2D eigenvalue weighted by Crippen LogP contribution is 2.34. The number of nitrogens with one attached hydrogen (secondary N) is 2. The second-order valence-electron chi connectivity index (χ2n) is 12.6. The van der Waals surface area contributed by atoms with Gasteiger partial charge in [0.2, 0.25) is 29.5 Å². The monoisotopic (exact) mass is 645 g/mol. The lowest BCUT2D eigenvalue weighted by atomic mass is 9.86. The highest BCUT2D eigenvalue weighted by molar-refractivity contribution is 8.01. The minimum Gasteiger partial charge on any atom is -0.390 e. The number of nitrogens with two attached hydrogens (primary N) is 1. The number of nitrogens with zero attached hydrogens (tertiary/aromatic N) is 2. The lowest BCUT2D eigenvalue weighted by molar-refractivity contribution is -0.145. The van der Waals surface area contributed by atoms with E-state index < -0.39 is 34.6 Å². The maximum atomic E-state index is 12.8. The van der Waals surface area contributed by atoms with Crippen LogP contribution in [0.5, 0.6) is 0 Å². The SMILES string of the molecule is CN(C(=O)COCCOCCNC(=O)CCN1C(=O)CC(SC(C)(C)C)C1=O)C(CC(=O)C(C)(C)C)C(=O)NCC(O)CN. The number of aliphatic hydroxyl groups is 1. The third-order valence-corrected chi connectivity index (χ3v) is 7.95. The number of carbonyl (C=O) groups excluding carboxylic acids is 6. The summed E-state index contributed by atoms with van der Waals surface area (Å²) in [4.78, 5) is 77.3. The number of likely N-dealkylation sites (tertiary alicyclic amines) is 1. The second kappa shape index (κ2) is 18.4. The third-order valence-electron chi connectivity index (χ3n) is 6.59. The molecule has 15 heteroatoms. The molecule has 5 amide bonds. The van der Waals surface area contributed by atoms with Crippen LogP contribution in [0.25, 0.3) is 0 Å². The summed E-state index contributed by atoms with van der Waals surface area (Å²) < 4.78 is 10.6. The van der Waals surface area contributed by atoms with Crippen LogP contribution in [0.15, 0.2) is 0 Å². The standard InChI is InChI=1S/C29H51N5O9S/c1-28(2,3)22(36)14-20(26(40)32-17-19(35)16-30)33(7)25(39)18-43-13-12-42-11-9-31-23(37)8-10-34-24(38)15-21(27(34)41)44-29(4,5)6/h19-21,35H,8-18,30H2,1-7H3,(H,31,37)(H,32,40). The lowest BCUT2D eigenvalue weighted by Gasteiger charge is -2.29. The van der Waals surface area contributed by atoms with Gasteiger partial charge in [0.05, 0.1) is 31.2 Å². The molecule has 1 aliphatic heterocycles. The fourth-order valence-electron chi connectivity index (χ4n) is 3.93. The molecule has 252 valence electrons. The summed E-state index contributed by atoms with van der Waals surface area (Å²) in [5.41, 5.74) is 4.66. The van der Waals surface area contributed by atoms with E-state index in [9.17, 15) is 33.9 Å². The number of ether oxygens (including phenoxy) is 2. The Balaban J connectivity index is 2.35. The van der Waals surface area contributed by atoms with Crippen molar-refractivity contribution in [2.75, 3.05) is 59.7 Å². The van der Waals surface area contributed by atoms with E-state index in [0.717, 1.165) is 9.80 Å². The number of hydrogen-bond donors (Lipinski definition) is 4.